The van der Waals surface area contributed by atoms with E-state index in [4.69, 9.17) is 0 Å². The molecular weight excluding hydrogens is 190 g/mol. The molecule has 0 amide bonds. The first-order valence-electron chi connectivity index (χ1n) is 4.48. The number of nitrogens with zero attached hydrogens (tertiary/aromatic N) is 1. The van der Waals surface area contributed by atoms with Crippen LogP contribution < -0.4 is 0 Å². The molecule has 1 heterocycles. The van der Waals surface area contributed by atoms with Crippen molar-refractivity contribution in [2.45, 2.75) is 6.92 Å². The fourth-order valence-electron chi connectivity index (χ4n) is 1.49. The van der Waals surface area contributed by atoms with E-state index in [1.54, 1.807) is 11.3 Å². The molecule has 0 aliphatic carbocycles. The Morgan fingerprint density at radius 1 is 1.43 bits per heavy atom. The highest BCUT2D eigenvalue weighted by molar-refractivity contribution is 7.16. The van der Waals surface area contributed by atoms with Gasteiger partial charge in [0.25, 0.3) is 0 Å². The maximum atomic E-state index is 4.37. The summed E-state index contributed by atoms with van der Waals surface area (Å²) >= 11 is 1.67. The average Bonchev–Trinajstić information content (AvgIpc) is 2.67. The molecule has 2 aromatic rings. The van der Waals surface area contributed by atoms with Gasteiger partial charge >= 0.3 is 0 Å². The molecule has 0 saturated carbocycles. The van der Waals surface area contributed by atoms with Gasteiger partial charge in [-0.1, -0.05) is 30.9 Å². The van der Waals surface area contributed by atoms with Crippen molar-refractivity contribution in [3.63, 3.8) is 0 Å². The molecule has 2 rings (SSSR count). The second kappa shape index (κ2) is 3.76. The largest absolute Gasteiger partial charge is 0.244 e. The van der Waals surface area contributed by atoms with Crippen LogP contribution in [0.2, 0.25) is 0 Å². The molecule has 0 radical (unpaired) electrons. The number of fused-ring (bicyclic) bond motifs is 1. The van der Waals surface area contributed by atoms with Crippen LogP contribution in [-0.4, -0.2) is 4.98 Å². The lowest BCUT2D eigenvalue weighted by atomic mass is 10.1. The first-order chi connectivity index (χ1) is 6.86. The van der Waals surface area contributed by atoms with Gasteiger partial charge in [-0.2, -0.15) is 0 Å². The Morgan fingerprint density at radius 2 is 2.29 bits per heavy atom. The number of benzene rings is 1. The molecule has 0 N–H and O–H groups in total. The summed E-state index contributed by atoms with van der Waals surface area (Å²) in [6.07, 6.45) is 5.98. The molecule has 1 nitrogen and oxygen atoms in total. The smallest absolute Gasteiger partial charge is 0.0890 e. The number of thiazole rings is 1. The molecular formula is C12H11NS. The molecule has 0 atom stereocenters. The van der Waals surface area contributed by atoms with Gasteiger partial charge in [-0.05, 0) is 18.6 Å². The number of hydrogen-bond acceptors (Lipinski definition) is 2. The summed E-state index contributed by atoms with van der Waals surface area (Å²) in [6, 6.07) is 4.18. The van der Waals surface area contributed by atoms with Gasteiger partial charge in [0.05, 0.1) is 15.7 Å². The van der Waals surface area contributed by atoms with Gasteiger partial charge in [0, 0.05) is 5.56 Å². The summed E-state index contributed by atoms with van der Waals surface area (Å²) < 4.78 is 1.23. The Bertz CT molecular complexity index is 494. The first kappa shape index (κ1) is 9.16. The third-order valence-corrected chi connectivity index (χ3v) is 2.92. The molecule has 2 heteroatoms. The molecule has 1 aromatic carbocycles. The van der Waals surface area contributed by atoms with Crippen LogP contribution in [0.1, 0.15) is 18.1 Å². The molecule has 0 aliphatic rings. The van der Waals surface area contributed by atoms with Gasteiger partial charge in [0.2, 0.25) is 0 Å². The number of aromatic nitrogens is 1. The summed E-state index contributed by atoms with van der Waals surface area (Å²) in [5.74, 6) is 0. The van der Waals surface area contributed by atoms with Crippen LogP contribution in [0, 0.1) is 0 Å². The predicted octanol–water partition coefficient (Wildman–Crippen LogP) is 3.97. The van der Waals surface area contributed by atoms with Crippen molar-refractivity contribution in [3.05, 3.63) is 41.4 Å². The number of rotatable bonds is 2. The van der Waals surface area contributed by atoms with Crippen LogP contribution in [0.3, 0.4) is 0 Å². The zero-order valence-corrected chi connectivity index (χ0v) is 8.84. The van der Waals surface area contributed by atoms with E-state index in [-0.39, 0.29) is 0 Å². The first-order valence-corrected chi connectivity index (χ1v) is 5.36. The maximum absolute atomic E-state index is 4.37. The van der Waals surface area contributed by atoms with E-state index >= 15 is 0 Å². The highest BCUT2D eigenvalue weighted by Gasteiger charge is 2.04. The van der Waals surface area contributed by atoms with Crippen molar-refractivity contribution >= 4 is 33.7 Å². The van der Waals surface area contributed by atoms with Crippen molar-refractivity contribution in [3.8, 4) is 0 Å². The van der Waals surface area contributed by atoms with Gasteiger partial charge in [0.1, 0.15) is 0 Å². The van der Waals surface area contributed by atoms with E-state index in [2.05, 4.69) is 29.8 Å². The van der Waals surface area contributed by atoms with Crippen LogP contribution in [0.5, 0.6) is 0 Å². The summed E-state index contributed by atoms with van der Waals surface area (Å²) in [6.45, 7) is 5.82. The number of allylic oxidation sites excluding steroid dienone is 1. The van der Waals surface area contributed by atoms with E-state index in [1.807, 2.05) is 24.6 Å². The minimum Gasteiger partial charge on any atom is -0.244 e. The molecule has 0 saturated heterocycles. The van der Waals surface area contributed by atoms with E-state index in [0.717, 1.165) is 11.1 Å². The second-order valence-corrected chi connectivity index (χ2v) is 3.86. The Balaban J connectivity index is 2.81. The molecule has 0 fully saturated rings. The van der Waals surface area contributed by atoms with Crippen LogP contribution in [0.4, 0.5) is 0 Å². The Hall–Kier alpha value is -1.41. The molecule has 0 bridgehead atoms. The Labute approximate surface area is 87.4 Å². The molecule has 0 aliphatic heterocycles. The summed E-state index contributed by atoms with van der Waals surface area (Å²) in [4.78, 5) is 4.37. The lowest BCUT2D eigenvalue weighted by molar-refractivity contribution is 1.48. The summed E-state index contributed by atoms with van der Waals surface area (Å²) in [5, 5.41) is 0. The molecule has 0 spiro atoms. The van der Waals surface area contributed by atoms with E-state index in [1.165, 1.54) is 10.3 Å². The fraction of sp³-hybridized carbons (Fsp3) is 0.0833. The Morgan fingerprint density at radius 3 is 3.00 bits per heavy atom. The molecule has 0 unspecified atom stereocenters. The van der Waals surface area contributed by atoms with Gasteiger partial charge in [-0.15, -0.1) is 11.3 Å². The predicted molar refractivity (Wildman–Crippen MR) is 64.4 cm³/mol. The number of hydrogen-bond donors (Lipinski definition) is 0. The van der Waals surface area contributed by atoms with Crippen molar-refractivity contribution < 1.29 is 0 Å². The van der Waals surface area contributed by atoms with Gasteiger partial charge in [-0.25, -0.2) is 4.98 Å². The second-order valence-electron chi connectivity index (χ2n) is 2.97. The molecule has 70 valence electrons. The highest BCUT2D eigenvalue weighted by atomic mass is 32.1. The van der Waals surface area contributed by atoms with Crippen molar-refractivity contribution in [2.24, 2.45) is 0 Å². The highest BCUT2D eigenvalue weighted by Crippen LogP contribution is 2.26. The maximum Gasteiger partial charge on any atom is 0.0890 e. The lowest BCUT2D eigenvalue weighted by Gasteiger charge is -2.01. The van der Waals surface area contributed by atoms with Crippen molar-refractivity contribution in [1.82, 2.24) is 4.98 Å². The third kappa shape index (κ3) is 1.38. The quantitative estimate of drug-likeness (QED) is 0.716. The SMILES string of the molecule is C=Cc1ccc2scnc2c1/C=C\C. The van der Waals surface area contributed by atoms with Crippen molar-refractivity contribution in [1.29, 1.82) is 0 Å². The third-order valence-electron chi connectivity index (χ3n) is 2.13. The Kier molecular flexibility index (Phi) is 2.46. The normalized spacial score (nSPS) is 11.2. The van der Waals surface area contributed by atoms with Gasteiger partial charge < -0.3 is 0 Å². The van der Waals surface area contributed by atoms with E-state index in [9.17, 15) is 0 Å². The van der Waals surface area contributed by atoms with Crippen molar-refractivity contribution in [2.75, 3.05) is 0 Å². The van der Waals surface area contributed by atoms with Crippen LogP contribution in [0.25, 0.3) is 22.4 Å². The molecule has 1 aromatic heterocycles. The topological polar surface area (TPSA) is 12.9 Å². The molecule has 14 heavy (non-hydrogen) atoms. The average molecular weight is 201 g/mol. The van der Waals surface area contributed by atoms with Crippen LogP contribution >= 0.6 is 11.3 Å². The van der Waals surface area contributed by atoms with E-state index < -0.39 is 0 Å². The lowest BCUT2D eigenvalue weighted by Crippen LogP contribution is -1.82. The van der Waals surface area contributed by atoms with Crippen LogP contribution in [0.15, 0.2) is 30.3 Å². The van der Waals surface area contributed by atoms with E-state index in [0.29, 0.717) is 0 Å². The monoisotopic (exact) mass is 201 g/mol. The zero-order valence-electron chi connectivity index (χ0n) is 8.03. The fourth-order valence-corrected chi connectivity index (χ4v) is 2.18. The summed E-state index contributed by atoms with van der Waals surface area (Å²) in [5.41, 5.74) is 5.26. The summed E-state index contributed by atoms with van der Waals surface area (Å²) in [7, 11) is 0. The van der Waals surface area contributed by atoms with Gasteiger partial charge in [-0.3, -0.25) is 0 Å². The standard InChI is InChI=1S/C12H11NS/c1-3-5-10-9(4-2)6-7-11-12(10)13-8-14-11/h3-8H,2H2,1H3/b5-3-. The van der Waals surface area contributed by atoms with Crippen LogP contribution in [-0.2, 0) is 0 Å². The van der Waals surface area contributed by atoms with Gasteiger partial charge in [0.15, 0.2) is 0 Å². The minimum absolute atomic E-state index is 1.07. The zero-order chi connectivity index (χ0) is 9.97. The minimum atomic E-state index is 1.07.